The molecule has 4 nitrogen and oxygen atoms in total. The van der Waals surface area contributed by atoms with Crippen LogP contribution in [-0.2, 0) is 6.18 Å². The molecule has 0 saturated carbocycles. The van der Waals surface area contributed by atoms with Gasteiger partial charge in [-0.3, -0.25) is 9.89 Å². The first-order valence-electron chi connectivity index (χ1n) is 4.95. The van der Waals surface area contributed by atoms with Crippen LogP contribution in [0, 0.1) is 0 Å². The van der Waals surface area contributed by atoms with Crippen LogP contribution in [-0.4, -0.2) is 16.9 Å². The monoisotopic (exact) mass is 258 g/mol. The van der Waals surface area contributed by atoms with Crippen molar-refractivity contribution in [2.45, 2.75) is 6.18 Å². The lowest BCUT2D eigenvalue weighted by molar-refractivity contribution is -0.141. The predicted molar refractivity (Wildman–Crippen MR) is 57.9 cm³/mol. The second-order valence-corrected chi connectivity index (χ2v) is 3.54. The van der Waals surface area contributed by atoms with Crippen LogP contribution in [0.4, 0.5) is 13.2 Å². The minimum atomic E-state index is -4.57. The van der Waals surface area contributed by atoms with E-state index in [1.165, 1.54) is 19.2 Å². The summed E-state index contributed by atoms with van der Waals surface area (Å²) in [6.45, 7) is 0. The summed E-state index contributed by atoms with van der Waals surface area (Å²) in [5.74, 6) is 0.550. The lowest BCUT2D eigenvalue weighted by Crippen LogP contribution is -2.13. The van der Waals surface area contributed by atoms with Crippen molar-refractivity contribution in [1.29, 1.82) is 0 Å². The van der Waals surface area contributed by atoms with Crippen molar-refractivity contribution in [3.8, 4) is 11.4 Å². The quantitative estimate of drug-likeness (QED) is 0.897. The molecule has 1 heterocycles. The highest BCUT2D eigenvalue weighted by molar-refractivity contribution is 5.37. The molecule has 0 spiro atoms. The first-order chi connectivity index (χ1) is 8.41. The number of benzene rings is 1. The van der Waals surface area contributed by atoms with E-state index < -0.39 is 17.4 Å². The second-order valence-electron chi connectivity index (χ2n) is 3.54. The minimum Gasteiger partial charge on any atom is -0.497 e. The molecule has 0 aliphatic heterocycles. The third-order valence-corrected chi connectivity index (χ3v) is 2.36. The Kier molecular flexibility index (Phi) is 2.90. The van der Waals surface area contributed by atoms with Gasteiger partial charge in [-0.2, -0.15) is 13.2 Å². The fourth-order valence-corrected chi connectivity index (χ4v) is 1.46. The Morgan fingerprint density at radius 3 is 2.28 bits per heavy atom. The van der Waals surface area contributed by atoms with E-state index in [0.29, 0.717) is 17.5 Å². The number of rotatable bonds is 2. The van der Waals surface area contributed by atoms with Crippen LogP contribution in [0.15, 0.2) is 35.1 Å². The molecule has 0 radical (unpaired) electrons. The molecule has 1 N–H and O–H groups in total. The lowest BCUT2D eigenvalue weighted by Gasteiger charge is -2.05. The zero-order valence-electron chi connectivity index (χ0n) is 9.28. The molecule has 0 bridgehead atoms. The number of ether oxygens (including phenoxy) is 1. The van der Waals surface area contributed by atoms with E-state index in [4.69, 9.17) is 4.74 Å². The van der Waals surface area contributed by atoms with Crippen LogP contribution in [0.3, 0.4) is 0 Å². The summed E-state index contributed by atoms with van der Waals surface area (Å²) in [6.07, 6.45) is -4.57. The Balaban J connectivity index is 2.44. The molecule has 0 fully saturated rings. The number of aromatic nitrogens is 2. The lowest BCUT2D eigenvalue weighted by atomic mass is 10.3. The van der Waals surface area contributed by atoms with Crippen LogP contribution in [0.1, 0.15) is 5.69 Å². The van der Waals surface area contributed by atoms with Crippen LogP contribution < -0.4 is 10.3 Å². The summed E-state index contributed by atoms with van der Waals surface area (Å²) in [6, 6.07) is 6.59. The van der Waals surface area contributed by atoms with Crippen LogP contribution >= 0.6 is 0 Å². The van der Waals surface area contributed by atoms with Crippen LogP contribution in [0.2, 0.25) is 0 Å². The standard InChI is InChI=1S/C11H9F3N2O2/c1-18-8-4-2-7(3-5-8)16-10(17)6-9(15-16)11(12,13)14/h2-6,15H,1H3. The zero-order valence-corrected chi connectivity index (χ0v) is 9.28. The van der Waals surface area contributed by atoms with E-state index in [9.17, 15) is 18.0 Å². The van der Waals surface area contributed by atoms with E-state index >= 15 is 0 Å². The Morgan fingerprint density at radius 1 is 1.22 bits per heavy atom. The van der Waals surface area contributed by atoms with E-state index in [1.807, 2.05) is 5.10 Å². The van der Waals surface area contributed by atoms with Gasteiger partial charge >= 0.3 is 6.18 Å². The molecule has 0 saturated heterocycles. The van der Waals surface area contributed by atoms with E-state index in [-0.39, 0.29) is 0 Å². The molecule has 7 heteroatoms. The van der Waals surface area contributed by atoms with Crippen molar-refractivity contribution < 1.29 is 17.9 Å². The number of nitrogens with zero attached hydrogens (tertiary/aromatic N) is 1. The topological polar surface area (TPSA) is 47.0 Å². The van der Waals surface area contributed by atoms with Crippen molar-refractivity contribution in [3.63, 3.8) is 0 Å². The second kappa shape index (κ2) is 4.25. The van der Waals surface area contributed by atoms with Crippen LogP contribution in [0.25, 0.3) is 5.69 Å². The zero-order chi connectivity index (χ0) is 13.3. The summed E-state index contributed by atoms with van der Waals surface area (Å²) >= 11 is 0. The fraction of sp³-hybridized carbons (Fsp3) is 0.182. The molecular weight excluding hydrogens is 249 g/mol. The van der Waals surface area contributed by atoms with Gasteiger partial charge in [0.25, 0.3) is 5.56 Å². The number of alkyl halides is 3. The number of hydrogen-bond donors (Lipinski definition) is 1. The SMILES string of the molecule is COc1ccc(-n2[nH]c(C(F)(F)F)cc2=O)cc1. The van der Waals surface area contributed by atoms with Gasteiger partial charge in [-0.15, -0.1) is 0 Å². The van der Waals surface area contributed by atoms with Gasteiger partial charge in [0.1, 0.15) is 11.4 Å². The number of aromatic amines is 1. The highest BCUT2D eigenvalue weighted by Crippen LogP contribution is 2.26. The van der Waals surface area contributed by atoms with Crippen molar-refractivity contribution in [3.05, 3.63) is 46.4 Å². The van der Waals surface area contributed by atoms with Crippen molar-refractivity contribution >= 4 is 0 Å². The number of halogens is 3. The molecule has 18 heavy (non-hydrogen) atoms. The van der Waals surface area contributed by atoms with Gasteiger partial charge in [0.15, 0.2) is 0 Å². The molecule has 2 aromatic rings. The molecule has 0 unspecified atom stereocenters. The molecule has 0 aliphatic carbocycles. The molecule has 1 aromatic carbocycles. The molecule has 1 aromatic heterocycles. The van der Waals surface area contributed by atoms with E-state index in [0.717, 1.165) is 4.68 Å². The first-order valence-corrected chi connectivity index (χ1v) is 4.95. The summed E-state index contributed by atoms with van der Waals surface area (Å²) in [7, 11) is 1.47. The third kappa shape index (κ3) is 2.24. The Bertz CT molecular complexity index is 596. The average Bonchev–Trinajstić information content (AvgIpc) is 2.71. The molecule has 0 atom stereocenters. The average molecular weight is 258 g/mol. The Morgan fingerprint density at radius 2 is 1.83 bits per heavy atom. The summed E-state index contributed by atoms with van der Waals surface area (Å²) in [4.78, 5) is 11.4. The minimum absolute atomic E-state index is 0.302. The van der Waals surface area contributed by atoms with Gasteiger partial charge < -0.3 is 4.74 Å². The number of H-pyrrole nitrogens is 1. The summed E-state index contributed by atoms with van der Waals surface area (Å²) in [5.41, 5.74) is -1.55. The van der Waals surface area contributed by atoms with Gasteiger partial charge in [-0.05, 0) is 24.3 Å². The molecular formula is C11H9F3N2O2. The van der Waals surface area contributed by atoms with Crippen LogP contribution in [0.5, 0.6) is 5.75 Å². The third-order valence-electron chi connectivity index (χ3n) is 2.36. The van der Waals surface area contributed by atoms with Gasteiger partial charge in [-0.1, -0.05) is 0 Å². The number of nitrogens with one attached hydrogen (secondary N) is 1. The van der Waals surface area contributed by atoms with Gasteiger partial charge in [0, 0.05) is 6.07 Å². The largest absolute Gasteiger partial charge is 0.497 e. The highest BCUT2D eigenvalue weighted by atomic mass is 19.4. The van der Waals surface area contributed by atoms with Gasteiger partial charge in [0.05, 0.1) is 12.8 Å². The van der Waals surface area contributed by atoms with E-state index in [1.54, 1.807) is 12.1 Å². The number of methoxy groups -OCH3 is 1. The molecule has 0 aliphatic rings. The van der Waals surface area contributed by atoms with E-state index in [2.05, 4.69) is 0 Å². The number of hydrogen-bond acceptors (Lipinski definition) is 2. The fourth-order valence-electron chi connectivity index (χ4n) is 1.46. The molecule has 96 valence electrons. The van der Waals surface area contributed by atoms with Crippen molar-refractivity contribution in [1.82, 2.24) is 9.78 Å². The van der Waals surface area contributed by atoms with Crippen molar-refractivity contribution in [2.24, 2.45) is 0 Å². The normalized spacial score (nSPS) is 11.6. The maximum Gasteiger partial charge on any atom is 0.432 e. The smallest absolute Gasteiger partial charge is 0.432 e. The molecule has 0 amide bonds. The first kappa shape index (κ1) is 12.3. The van der Waals surface area contributed by atoms with Gasteiger partial charge in [-0.25, -0.2) is 4.68 Å². The maximum absolute atomic E-state index is 12.4. The van der Waals surface area contributed by atoms with Gasteiger partial charge in [0.2, 0.25) is 0 Å². The summed E-state index contributed by atoms with van der Waals surface area (Å²) in [5, 5.41) is 2.01. The Labute approximate surface area is 99.6 Å². The van der Waals surface area contributed by atoms with Crippen molar-refractivity contribution in [2.75, 3.05) is 7.11 Å². The Hall–Kier alpha value is -2.18. The highest BCUT2D eigenvalue weighted by Gasteiger charge is 2.33. The maximum atomic E-state index is 12.4. The molecule has 2 rings (SSSR count). The summed E-state index contributed by atoms with van der Waals surface area (Å²) < 4.78 is 43.0. The predicted octanol–water partition coefficient (Wildman–Crippen LogP) is 2.19.